The highest BCUT2D eigenvalue weighted by Gasteiger charge is 2.21. The van der Waals surface area contributed by atoms with Crippen LogP contribution in [0.2, 0.25) is 0 Å². The molecular formula is C22H19N4+. The molecule has 0 aliphatic carbocycles. The Bertz CT molecular complexity index is 1180. The Kier molecular flexibility index (Phi) is 3.78. The standard InChI is InChI=1S/C22H19N4/c1-15-9-7-8-12-26(15)21-14-17(23-3)13-19(16(21)2)22-18-10-5-6-11-20(18)24-25(22)4/h5-14H,1-2,4H3/q+1. The van der Waals surface area contributed by atoms with E-state index in [-0.39, 0.29) is 0 Å². The van der Waals surface area contributed by atoms with Crippen molar-refractivity contribution in [2.24, 2.45) is 7.05 Å². The summed E-state index contributed by atoms with van der Waals surface area (Å²) in [6.45, 7) is 11.7. The maximum Gasteiger partial charge on any atom is 0.204 e. The van der Waals surface area contributed by atoms with E-state index in [1.807, 2.05) is 60.4 Å². The highest BCUT2D eigenvalue weighted by molar-refractivity contribution is 5.95. The lowest BCUT2D eigenvalue weighted by Gasteiger charge is -2.11. The van der Waals surface area contributed by atoms with Gasteiger partial charge in [-0.15, -0.1) is 0 Å². The molecule has 126 valence electrons. The van der Waals surface area contributed by atoms with Crippen molar-refractivity contribution in [1.82, 2.24) is 9.78 Å². The molecule has 4 aromatic rings. The molecule has 4 nitrogen and oxygen atoms in total. The lowest BCUT2D eigenvalue weighted by atomic mass is 9.99. The third-order valence-electron chi connectivity index (χ3n) is 4.81. The minimum absolute atomic E-state index is 0.627. The maximum absolute atomic E-state index is 7.56. The molecule has 0 atom stereocenters. The van der Waals surface area contributed by atoms with Gasteiger partial charge < -0.3 is 0 Å². The Balaban J connectivity index is 2.07. The molecule has 26 heavy (non-hydrogen) atoms. The van der Waals surface area contributed by atoms with Gasteiger partial charge in [-0.05, 0) is 24.6 Å². The van der Waals surface area contributed by atoms with Gasteiger partial charge in [-0.3, -0.25) is 4.68 Å². The van der Waals surface area contributed by atoms with Crippen LogP contribution >= 0.6 is 0 Å². The first-order valence-corrected chi connectivity index (χ1v) is 8.52. The first-order chi connectivity index (χ1) is 12.6. The highest BCUT2D eigenvalue weighted by Crippen LogP contribution is 2.35. The van der Waals surface area contributed by atoms with Crippen LogP contribution in [0.15, 0.2) is 60.8 Å². The summed E-state index contributed by atoms with van der Waals surface area (Å²) < 4.78 is 4.04. The van der Waals surface area contributed by atoms with E-state index >= 15 is 0 Å². The van der Waals surface area contributed by atoms with E-state index in [9.17, 15) is 0 Å². The van der Waals surface area contributed by atoms with Crippen molar-refractivity contribution in [3.63, 3.8) is 0 Å². The van der Waals surface area contributed by atoms with Crippen molar-refractivity contribution in [2.45, 2.75) is 13.8 Å². The van der Waals surface area contributed by atoms with Crippen molar-refractivity contribution >= 4 is 16.6 Å². The molecule has 4 rings (SSSR count). The molecule has 0 amide bonds. The fraction of sp³-hybridized carbons (Fsp3) is 0.136. The zero-order valence-electron chi connectivity index (χ0n) is 15.1. The topological polar surface area (TPSA) is 26.1 Å². The normalized spacial score (nSPS) is 10.8. The molecule has 2 aromatic carbocycles. The summed E-state index contributed by atoms with van der Waals surface area (Å²) in [4.78, 5) is 3.71. The number of aromatic nitrogens is 3. The largest absolute Gasteiger partial charge is 0.267 e. The average molecular weight is 339 g/mol. The van der Waals surface area contributed by atoms with E-state index in [0.717, 1.165) is 39.1 Å². The highest BCUT2D eigenvalue weighted by atomic mass is 15.3. The Morgan fingerprint density at radius 2 is 1.81 bits per heavy atom. The minimum Gasteiger partial charge on any atom is -0.267 e. The molecule has 0 radical (unpaired) electrons. The van der Waals surface area contributed by atoms with Gasteiger partial charge in [0, 0.05) is 43.1 Å². The number of rotatable bonds is 2. The predicted octanol–water partition coefficient (Wildman–Crippen LogP) is 4.68. The quantitative estimate of drug-likeness (QED) is 0.384. The lowest BCUT2D eigenvalue weighted by Crippen LogP contribution is -2.34. The molecule has 0 aliphatic heterocycles. The van der Waals surface area contributed by atoms with Crippen LogP contribution in [0.3, 0.4) is 0 Å². The van der Waals surface area contributed by atoms with Gasteiger partial charge in [-0.25, -0.2) is 4.85 Å². The van der Waals surface area contributed by atoms with E-state index in [1.165, 1.54) is 0 Å². The van der Waals surface area contributed by atoms with E-state index in [4.69, 9.17) is 6.57 Å². The second-order valence-corrected chi connectivity index (χ2v) is 6.45. The van der Waals surface area contributed by atoms with Gasteiger partial charge in [0.25, 0.3) is 0 Å². The number of pyridine rings is 1. The van der Waals surface area contributed by atoms with E-state index in [2.05, 4.69) is 40.5 Å². The van der Waals surface area contributed by atoms with Gasteiger partial charge in [0.15, 0.2) is 17.6 Å². The zero-order valence-corrected chi connectivity index (χ0v) is 15.1. The summed E-state index contributed by atoms with van der Waals surface area (Å²) in [7, 11) is 1.96. The van der Waals surface area contributed by atoms with Crippen molar-refractivity contribution in [3.8, 4) is 16.9 Å². The Morgan fingerprint density at radius 3 is 2.58 bits per heavy atom. The second-order valence-electron chi connectivity index (χ2n) is 6.45. The van der Waals surface area contributed by atoms with Gasteiger partial charge in [0.2, 0.25) is 5.69 Å². The van der Waals surface area contributed by atoms with Crippen LogP contribution in [0.5, 0.6) is 0 Å². The van der Waals surface area contributed by atoms with Crippen LogP contribution in [0.4, 0.5) is 5.69 Å². The van der Waals surface area contributed by atoms with Crippen LogP contribution in [-0.2, 0) is 7.05 Å². The van der Waals surface area contributed by atoms with Crippen molar-refractivity contribution < 1.29 is 4.57 Å². The molecule has 0 aliphatic rings. The molecule has 4 heteroatoms. The smallest absolute Gasteiger partial charge is 0.204 e. The van der Waals surface area contributed by atoms with E-state index < -0.39 is 0 Å². The van der Waals surface area contributed by atoms with E-state index in [1.54, 1.807) is 0 Å². The molecule has 0 N–H and O–H groups in total. The molecule has 2 heterocycles. The van der Waals surface area contributed by atoms with Crippen molar-refractivity contribution in [1.29, 1.82) is 0 Å². The predicted molar refractivity (Wildman–Crippen MR) is 103 cm³/mol. The number of aryl methyl sites for hydroxylation is 2. The molecule has 0 saturated carbocycles. The van der Waals surface area contributed by atoms with Gasteiger partial charge in [-0.2, -0.15) is 9.67 Å². The maximum atomic E-state index is 7.56. The number of hydrogen-bond donors (Lipinski definition) is 0. The van der Waals surface area contributed by atoms with Crippen molar-refractivity contribution in [3.05, 3.63) is 83.5 Å². The average Bonchev–Trinajstić information content (AvgIpc) is 2.98. The molecule has 0 saturated heterocycles. The third-order valence-corrected chi connectivity index (χ3v) is 4.81. The number of hydrogen-bond acceptors (Lipinski definition) is 1. The van der Waals surface area contributed by atoms with Gasteiger partial charge in [0.1, 0.15) is 0 Å². The summed E-state index contributed by atoms with van der Waals surface area (Å²) in [6, 6.07) is 18.2. The second kappa shape index (κ2) is 6.12. The molecule has 0 fully saturated rings. The Hall–Kier alpha value is -3.45. The molecule has 0 bridgehead atoms. The number of benzene rings is 2. The van der Waals surface area contributed by atoms with E-state index in [0.29, 0.717) is 5.69 Å². The summed E-state index contributed by atoms with van der Waals surface area (Å²) in [5, 5.41) is 5.74. The van der Waals surface area contributed by atoms with Gasteiger partial charge in [-0.1, -0.05) is 24.3 Å². The summed E-state index contributed by atoms with van der Waals surface area (Å²) in [6.07, 6.45) is 2.04. The number of fused-ring (bicyclic) bond motifs is 1. The summed E-state index contributed by atoms with van der Waals surface area (Å²) in [5.41, 5.74) is 6.95. The summed E-state index contributed by atoms with van der Waals surface area (Å²) >= 11 is 0. The van der Waals surface area contributed by atoms with Crippen LogP contribution in [0, 0.1) is 20.4 Å². The molecule has 0 unspecified atom stereocenters. The fourth-order valence-corrected chi connectivity index (χ4v) is 3.51. The van der Waals surface area contributed by atoms with Crippen LogP contribution < -0.4 is 4.57 Å². The van der Waals surface area contributed by atoms with Crippen molar-refractivity contribution in [2.75, 3.05) is 0 Å². The van der Waals surface area contributed by atoms with Crippen LogP contribution in [0.1, 0.15) is 11.3 Å². The molecular weight excluding hydrogens is 320 g/mol. The van der Waals surface area contributed by atoms with Crippen LogP contribution in [0.25, 0.3) is 32.7 Å². The fourth-order valence-electron chi connectivity index (χ4n) is 3.51. The third kappa shape index (κ3) is 2.46. The lowest BCUT2D eigenvalue weighted by molar-refractivity contribution is -0.603. The summed E-state index contributed by atoms with van der Waals surface area (Å²) in [5.74, 6) is 0. The first-order valence-electron chi connectivity index (χ1n) is 8.52. The molecule has 2 aromatic heterocycles. The van der Waals surface area contributed by atoms with Crippen LogP contribution in [-0.4, -0.2) is 9.78 Å². The Labute approximate surface area is 152 Å². The van der Waals surface area contributed by atoms with Gasteiger partial charge >= 0.3 is 0 Å². The zero-order chi connectivity index (χ0) is 18.3. The number of nitrogens with zero attached hydrogens (tertiary/aromatic N) is 4. The SMILES string of the molecule is [C-]#[N+]c1cc(-c2c3ccccc3nn2C)c(C)c(-[n+]2ccccc2C)c1. The Morgan fingerprint density at radius 1 is 1.04 bits per heavy atom. The van der Waals surface area contributed by atoms with Gasteiger partial charge in [0.05, 0.1) is 17.8 Å². The molecule has 0 spiro atoms. The first kappa shape index (κ1) is 16.0. The minimum atomic E-state index is 0.627. The monoisotopic (exact) mass is 339 g/mol.